The van der Waals surface area contributed by atoms with Gasteiger partial charge in [0.2, 0.25) is 0 Å². The van der Waals surface area contributed by atoms with E-state index >= 15 is 0 Å². The number of para-hydroxylation sites is 1. The Hall–Kier alpha value is -3.84. The quantitative estimate of drug-likeness (QED) is 0.108. The monoisotopic (exact) mass is 552 g/mol. The summed E-state index contributed by atoms with van der Waals surface area (Å²) in [5, 5.41) is 5.58. The smallest absolute Gasteiger partial charge is 0.343 e. The highest BCUT2D eigenvalue weighted by Gasteiger charge is 2.11. The van der Waals surface area contributed by atoms with Crippen molar-refractivity contribution in [2.75, 3.05) is 0 Å². The number of halogens is 3. The zero-order valence-corrected chi connectivity index (χ0v) is 21.4. The number of nitrogens with zero attached hydrogens (tertiary/aromatic N) is 1. The van der Waals surface area contributed by atoms with Crippen LogP contribution in [0.3, 0.4) is 0 Å². The van der Waals surface area contributed by atoms with Crippen molar-refractivity contribution in [1.29, 1.82) is 0 Å². The zero-order chi connectivity index (χ0) is 26.2. The van der Waals surface area contributed by atoms with Crippen molar-refractivity contribution in [3.05, 3.63) is 128 Å². The second-order valence-electron chi connectivity index (χ2n) is 7.68. The molecule has 4 rings (SSSR count). The van der Waals surface area contributed by atoms with Gasteiger partial charge in [-0.2, -0.15) is 5.10 Å². The van der Waals surface area contributed by atoms with Crippen LogP contribution in [0.5, 0.6) is 11.5 Å². The second-order valence-corrected chi connectivity index (χ2v) is 8.96. The molecule has 37 heavy (non-hydrogen) atoms. The Morgan fingerprint density at radius 3 is 2.22 bits per heavy atom. The molecule has 4 aromatic carbocycles. The highest BCUT2D eigenvalue weighted by molar-refractivity contribution is 6.35. The maximum Gasteiger partial charge on any atom is 0.343 e. The van der Waals surface area contributed by atoms with Crippen LogP contribution in [-0.2, 0) is 6.61 Å². The molecule has 0 bridgehead atoms. The summed E-state index contributed by atoms with van der Waals surface area (Å²) in [5.74, 6) is -0.0911. The molecule has 1 N–H and O–H groups in total. The van der Waals surface area contributed by atoms with Crippen LogP contribution in [0.15, 0.2) is 96.1 Å². The molecule has 0 aliphatic rings. The number of hydrogen-bond donors (Lipinski definition) is 1. The predicted octanol–water partition coefficient (Wildman–Crippen LogP) is 7.21. The molecule has 0 unspecified atom stereocenters. The number of carbonyl (C=O) groups is 2. The Labute approximate surface area is 228 Å². The lowest BCUT2D eigenvalue weighted by atomic mass is 10.2. The maximum atomic E-state index is 12.5. The van der Waals surface area contributed by atoms with Crippen LogP contribution in [-0.4, -0.2) is 18.1 Å². The largest absolute Gasteiger partial charge is 0.489 e. The molecule has 0 fully saturated rings. The Bertz CT molecular complexity index is 1440. The van der Waals surface area contributed by atoms with E-state index in [2.05, 4.69) is 10.5 Å². The van der Waals surface area contributed by atoms with E-state index in [1.807, 2.05) is 0 Å². The SMILES string of the molecule is O=C(N/N=C/c1ccccc1OC(=O)c1ccc(Cl)cc1)c1ccc(OCc2ccc(Cl)cc2Cl)cc1. The van der Waals surface area contributed by atoms with E-state index in [9.17, 15) is 9.59 Å². The molecule has 0 aliphatic carbocycles. The molecule has 6 nitrogen and oxygen atoms in total. The highest BCUT2D eigenvalue weighted by atomic mass is 35.5. The van der Waals surface area contributed by atoms with Crippen LogP contribution in [0.2, 0.25) is 15.1 Å². The van der Waals surface area contributed by atoms with Gasteiger partial charge in [0.15, 0.2) is 0 Å². The number of carbonyl (C=O) groups excluding carboxylic acids is 2. The first-order chi connectivity index (χ1) is 17.9. The van der Waals surface area contributed by atoms with Crippen LogP contribution in [0.25, 0.3) is 0 Å². The van der Waals surface area contributed by atoms with Crippen molar-refractivity contribution < 1.29 is 19.1 Å². The number of hydrogen-bond acceptors (Lipinski definition) is 5. The minimum absolute atomic E-state index is 0.258. The zero-order valence-electron chi connectivity index (χ0n) is 19.2. The fourth-order valence-corrected chi connectivity index (χ4v) is 3.74. The number of esters is 1. The van der Waals surface area contributed by atoms with Crippen LogP contribution in [0.1, 0.15) is 31.8 Å². The molecule has 1 amide bonds. The van der Waals surface area contributed by atoms with Gasteiger partial charge >= 0.3 is 5.97 Å². The summed E-state index contributed by atoms with van der Waals surface area (Å²) >= 11 is 17.9. The number of benzene rings is 4. The third-order valence-corrected chi connectivity index (χ3v) is 5.94. The van der Waals surface area contributed by atoms with Gasteiger partial charge in [0.05, 0.1) is 11.8 Å². The number of nitrogens with one attached hydrogen (secondary N) is 1. The third-order valence-electron chi connectivity index (χ3n) is 5.10. The van der Waals surface area contributed by atoms with Gasteiger partial charge in [0.25, 0.3) is 5.91 Å². The van der Waals surface area contributed by atoms with Gasteiger partial charge in [0, 0.05) is 31.8 Å². The third kappa shape index (κ3) is 7.33. The van der Waals surface area contributed by atoms with E-state index in [4.69, 9.17) is 44.3 Å². The van der Waals surface area contributed by atoms with Crippen LogP contribution in [0.4, 0.5) is 0 Å². The van der Waals surface area contributed by atoms with Crippen LogP contribution < -0.4 is 14.9 Å². The lowest BCUT2D eigenvalue weighted by Crippen LogP contribution is -2.17. The summed E-state index contributed by atoms with van der Waals surface area (Å²) in [4.78, 5) is 24.9. The molecule has 0 heterocycles. The summed E-state index contributed by atoms with van der Waals surface area (Å²) in [5.41, 5.74) is 4.50. The van der Waals surface area contributed by atoms with Crippen molar-refractivity contribution in [3.8, 4) is 11.5 Å². The molecule has 0 spiro atoms. The number of rotatable bonds is 8. The van der Waals surface area contributed by atoms with Crippen molar-refractivity contribution in [1.82, 2.24) is 5.43 Å². The Balaban J connectivity index is 1.33. The Morgan fingerprint density at radius 2 is 1.49 bits per heavy atom. The van der Waals surface area contributed by atoms with Gasteiger partial charge in [-0.1, -0.05) is 53.0 Å². The van der Waals surface area contributed by atoms with E-state index in [1.165, 1.54) is 6.21 Å². The minimum atomic E-state index is -0.540. The summed E-state index contributed by atoms with van der Waals surface area (Å²) in [6, 6.07) is 25.0. The molecule has 186 valence electrons. The molecule has 4 aromatic rings. The molecule has 0 saturated heterocycles. The van der Waals surface area contributed by atoms with Gasteiger partial charge in [-0.15, -0.1) is 0 Å². The van der Waals surface area contributed by atoms with Gasteiger partial charge in [-0.05, 0) is 72.8 Å². The predicted molar refractivity (Wildman–Crippen MR) is 145 cm³/mol. The standard InChI is InChI=1S/C28H19Cl3N2O4/c29-22-10-5-19(6-11-22)28(35)37-26-4-2-1-3-20(26)16-32-33-27(34)18-8-13-24(14-9-18)36-17-21-7-12-23(30)15-25(21)31/h1-16H,17H2,(H,33,34)/b32-16+. The maximum absolute atomic E-state index is 12.5. The van der Waals surface area contributed by atoms with Gasteiger partial charge in [-0.3, -0.25) is 4.79 Å². The lowest BCUT2D eigenvalue weighted by molar-refractivity contribution is 0.0734. The molecule has 0 radical (unpaired) electrons. The number of ether oxygens (including phenoxy) is 2. The first kappa shape index (κ1) is 26.2. The van der Waals surface area contributed by atoms with E-state index in [-0.39, 0.29) is 6.61 Å². The number of hydrazone groups is 1. The van der Waals surface area contributed by atoms with E-state index in [0.717, 1.165) is 5.56 Å². The van der Waals surface area contributed by atoms with Crippen molar-refractivity contribution in [3.63, 3.8) is 0 Å². The fourth-order valence-electron chi connectivity index (χ4n) is 3.15. The van der Waals surface area contributed by atoms with Crippen molar-refractivity contribution >= 4 is 52.9 Å². The molecule has 9 heteroatoms. The molecule has 0 saturated carbocycles. The Morgan fingerprint density at radius 1 is 0.811 bits per heavy atom. The normalized spacial score (nSPS) is 10.8. The molecular formula is C28H19Cl3N2O4. The fraction of sp³-hybridized carbons (Fsp3) is 0.0357. The lowest BCUT2D eigenvalue weighted by Gasteiger charge is -2.09. The first-order valence-electron chi connectivity index (χ1n) is 11.0. The van der Waals surface area contributed by atoms with Gasteiger partial charge < -0.3 is 9.47 Å². The van der Waals surface area contributed by atoms with E-state index < -0.39 is 11.9 Å². The van der Waals surface area contributed by atoms with E-state index in [0.29, 0.717) is 43.3 Å². The second kappa shape index (κ2) is 12.4. The van der Waals surface area contributed by atoms with Crippen LogP contribution in [0, 0.1) is 0 Å². The van der Waals surface area contributed by atoms with Gasteiger partial charge in [-0.25, -0.2) is 10.2 Å². The Kier molecular flexibility index (Phi) is 8.80. The topological polar surface area (TPSA) is 77.0 Å². The molecule has 0 atom stereocenters. The average molecular weight is 554 g/mol. The molecule has 0 aliphatic heterocycles. The van der Waals surface area contributed by atoms with Gasteiger partial charge in [0.1, 0.15) is 18.1 Å². The summed E-state index contributed by atoms with van der Waals surface area (Å²) in [6.07, 6.45) is 1.40. The molecular weight excluding hydrogens is 535 g/mol. The summed E-state index contributed by atoms with van der Waals surface area (Å²) in [6.45, 7) is 0.258. The molecule has 0 aromatic heterocycles. The summed E-state index contributed by atoms with van der Waals surface area (Å²) in [7, 11) is 0. The average Bonchev–Trinajstić information content (AvgIpc) is 2.90. The van der Waals surface area contributed by atoms with Crippen LogP contribution >= 0.6 is 34.8 Å². The van der Waals surface area contributed by atoms with Crippen molar-refractivity contribution in [2.24, 2.45) is 5.10 Å². The highest BCUT2D eigenvalue weighted by Crippen LogP contribution is 2.23. The number of amides is 1. The minimum Gasteiger partial charge on any atom is -0.489 e. The summed E-state index contributed by atoms with van der Waals surface area (Å²) < 4.78 is 11.2. The first-order valence-corrected chi connectivity index (χ1v) is 12.1. The van der Waals surface area contributed by atoms with Crippen molar-refractivity contribution in [2.45, 2.75) is 6.61 Å². The van der Waals surface area contributed by atoms with E-state index in [1.54, 1.807) is 91.0 Å².